The second-order valence-electron chi connectivity index (χ2n) is 13.8. The topological polar surface area (TPSA) is 87.9 Å². The number of rotatable bonds is 8. The van der Waals surface area contributed by atoms with Crippen LogP contribution in [0.5, 0.6) is 0 Å². The lowest BCUT2D eigenvalue weighted by Gasteiger charge is -2.72. The Labute approximate surface area is 256 Å². The Morgan fingerprint density at radius 2 is 1.86 bits per heavy atom. The first-order valence-electron chi connectivity index (χ1n) is 16.1. The number of nitrogens with zero attached hydrogens (tertiary/aromatic N) is 4. The molecule has 3 aliphatic heterocycles. The number of carbonyl (C=O) groups excluding carboxylic acids is 2. The summed E-state index contributed by atoms with van der Waals surface area (Å²) >= 11 is 0. The van der Waals surface area contributed by atoms with Crippen LogP contribution < -0.4 is 0 Å². The van der Waals surface area contributed by atoms with Gasteiger partial charge >= 0.3 is 5.97 Å². The Morgan fingerprint density at radius 3 is 2.59 bits per heavy atom. The molecule has 9 heteroatoms. The molecule has 230 valence electrons. The Hall–Kier alpha value is -3.56. The first kappa shape index (κ1) is 28.0. The van der Waals surface area contributed by atoms with Crippen LogP contribution in [0.15, 0.2) is 42.7 Å². The molecule has 3 aromatic rings. The van der Waals surface area contributed by atoms with Crippen molar-refractivity contribution in [3.63, 3.8) is 0 Å². The minimum absolute atomic E-state index is 0.00270. The number of aliphatic hydroxyl groups is 1. The molecule has 1 amide bonds. The van der Waals surface area contributed by atoms with Gasteiger partial charge in [-0.2, -0.15) is 0 Å². The molecule has 2 aromatic carbocycles. The number of imidazole rings is 1. The van der Waals surface area contributed by atoms with Gasteiger partial charge in [-0.15, -0.1) is 0 Å². The highest BCUT2D eigenvalue weighted by Gasteiger charge is 2.68. The van der Waals surface area contributed by atoms with Crippen LogP contribution in [0.1, 0.15) is 84.4 Å². The van der Waals surface area contributed by atoms with Gasteiger partial charge in [0.15, 0.2) is 6.04 Å². The lowest BCUT2D eigenvalue weighted by Crippen LogP contribution is -2.68. The normalized spacial score (nSPS) is 26.6. The zero-order valence-electron chi connectivity index (χ0n) is 25.2. The quantitative estimate of drug-likeness (QED) is 0.376. The van der Waals surface area contributed by atoms with Gasteiger partial charge in [-0.05, 0) is 91.5 Å². The summed E-state index contributed by atoms with van der Waals surface area (Å²) < 4.78 is 23.0. The minimum atomic E-state index is -1.01. The van der Waals surface area contributed by atoms with Gasteiger partial charge in [0, 0.05) is 43.0 Å². The second-order valence-corrected chi connectivity index (χ2v) is 13.8. The largest absolute Gasteiger partial charge is 0.464 e. The molecular weight excluding hydrogens is 559 g/mol. The van der Waals surface area contributed by atoms with Gasteiger partial charge in [-0.3, -0.25) is 4.79 Å². The van der Waals surface area contributed by atoms with E-state index in [4.69, 9.17) is 4.74 Å². The predicted molar refractivity (Wildman–Crippen MR) is 161 cm³/mol. The SMILES string of the molecule is CCOC(=O)[C@@H](c1ncn2c1CCC2)N1Cc2c(F)cc(-c3ccc(C45CC(CN6CCC(O)CC6)(C4)C5)cc3)cc2C1=O. The first-order chi connectivity index (χ1) is 21.3. The van der Waals surface area contributed by atoms with Crippen LogP contribution in [-0.2, 0) is 34.5 Å². The number of aryl methyl sites for hydroxylation is 1. The van der Waals surface area contributed by atoms with E-state index in [0.717, 1.165) is 63.1 Å². The number of amides is 1. The van der Waals surface area contributed by atoms with Gasteiger partial charge in [0.2, 0.25) is 0 Å². The van der Waals surface area contributed by atoms with Crippen molar-refractivity contribution in [2.45, 2.75) is 82.5 Å². The summed E-state index contributed by atoms with van der Waals surface area (Å²) in [5.41, 5.74) is 5.60. The number of halogens is 1. The molecule has 8 nitrogen and oxygen atoms in total. The standard InChI is InChI=1S/C35H39FN4O4/c1-2-44-33(43)31(30-29-4-3-11-39(29)21-37-30)40-16-27-26(32(40)42)14-23(15-28(27)36)22-5-7-24(8-6-22)35-17-34(18-35,19-35)20-38-12-9-25(41)10-13-38/h5-8,14-15,21,25,31,41H,2-4,9-13,16-20H2,1H3/t31-,34?,35?/m1/s1. The number of likely N-dealkylation sites (tertiary alicyclic amines) is 1. The highest BCUT2D eigenvalue weighted by atomic mass is 19.1. The maximum absolute atomic E-state index is 15.6. The number of hydrogen-bond donors (Lipinski definition) is 1. The van der Waals surface area contributed by atoms with Crippen molar-refractivity contribution in [1.82, 2.24) is 19.4 Å². The fourth-order valence-electron chi connectivity index (χ4n) is 8.94. The summed E-state index contributed by atoms with van der Waals surface area (Å²) in [6.45, 7) is 5.87. The van der Waals surface area contributed by atoms with Gasteiger partial charge in [0.1, 0.15) is 5.82 Å². The average molecular weight is 599 g/mol. The van der Waals surface area contributed by atoms with E-state index in [1.54, 1.807) is 19.3 Å². The molecular formula is C35H39FN4O4. The van der Waals surface area contributed by atoms with E-state index >= 15 is 4.39 Å². The molecule has 1 saturated heterocycles. The summed E-state index contributed by atoms with van der Waals surface area (Å²) in [6.07, 6.45) is 8.70. The van der Waals surface area contributed by atoms with Crippen molar-refractivity contribution in [1.29, 1.82) is 0 Å². The minimum Gasteiger partial charge on any atom is -0.464 e. The number of fused-ring (bicyclic) bond motifs is 2. The number of hydrogen-bond acceptors (Lipinski definition) is 6. The fourth-order valence-corrected chi connectivity index (χ4v) is 8.94. The van der Waals surface area contributed by atoms with Gasteiger partial charge in [-0.1, -0.05) is 24.3 Å². The van der Waals surface area contributed by atoms with Crippen molar-refractivity contribution >= 4 is 11.9 Å². The van der Waals surface area contributed by atoms with Crippen LogP contribution in [0.25, 0.3) is 11.1 Å². The predicted octanol–water partition coefficient (Wildman–Crippen LogP) is 4.77. The van der Waals surface area contributed by atoms with Crippen LogP contribution in [0, 0.1) is 11.2 Å². The van der Waals surface area contributed by atoms with Gasteiger partial charge in [0.05, 0.1) is 31.3 Å². The molecule has 0 radical (unpaired) electrons. The molecule has 1 atom stereocenters. The lowest BCUT2D eigenvalue weighted by molar-refractivity contribution is -0.159. The smallest absolute Gasteiger partial charge is 0.335 e. The molecule has 1 N–H and O–H groups in total. The molecule has 2 bridgehead atoms. The number of piperidine rings is 1. The third-order valence-electron chi connectivity index (χ3n) is 11.0. The molecule has 1 aromatic heterocycles. The fraction of sp³-hybridized carbons (Fsp3) is 0.514. The van der Waals surface area contributed by atoms with Crippen molar-refractivity contribution in [2.24, 2.45) is 5.41 Å². The third kappa shape index (κ3) is 4.34. The molecule has 44 heavy (non-hydrogen) atoms. The molecule has 3 saturated carbocycles. The van der Waals surface area contributed by atoms with Gasteiger partial charge in [-0.25, -0.2) is 14.2 Å². The molecule has 3 aliphatic carbocycles. The number of ether oxygens (including phenoxy) is 1. The monoisotopic (exact) mass is 598 g/mol. The van der Waals surface area contributed by atoms with Crippen LogP contribution >= 0.6 is 0 Å². The highest BCUT2D eigenvalue weighted by molar-refractivity contribution is 6.02. The zero-order chi connectivity index (χ0) is 30.2. The summed E-state index contributed by atoms with van der Waals surface area (Å²) in [5, 5.41) is 9.82. The van der Waals surface area contributed by atoms with Crippen molar-refractivity contribution in [2.75, 3.05) is 26.2 Å². The van der Waals surface area contributed by atoms with Crippen molar-refractivity contribution in [3.8, 4) is 11.1 Å². The van der Waals surface area contributed by atoms with E-state index in [9.17, 15) is 14.7 Å². The molecule has 9 rings (SSSR count). The molecule has 4 fully saturated rings. The van der Waals surface area contributed by atoms with Crippen LogP contribution in [-0.4, -0.2) is 68.7 Å². The number of esters is 1. The van der Waals surface area contributed by atoms with E-state index < -0.39 is 17.8 Å². The Balaban J connectivity index is 0.999. The van der Waals surface area contributed by atoms with Crippen molar-refractivity contribution < 1.29 is 23.8 Å². The molecule has 4 heterocycles. The van der Waals surface area contributed by atoms with E-state index in [-0.39, 0.29) is 30.6 Å². The lowest BCUT2D eigenvalue weighted by atomic mass is 9.33. The summed E-state index contributed by atoms with van der Waals surface area (Å²) in [7, 11) is 0. The maximum Gasteiger partial charge on any atom is 0.335 e. The summed E-state index contributed by atoms with van der Waals surface area (Å²) in [6, 6.07) is 10.7. The summed E-state index contributed by atoms with van der Waals surface area (Å²) in [4.78, 5) is 35.5. The number of carbonyl (C=O) groups is 2. The summed E-state index contributed by atoms with van der Waals surface area (Å²) in [5.74, 6) is -1.36. The first-order valence-corrected chi connectivity index (χ1v) is 16.1. The Bertz CT molecular complexity index is 1620. The van der Waals surface area contributed by atoms with E-state index in [2.05, 4.69) is 22.0 Å². The highest BCUT2D eigenvalue weighted by Crippen LogP contribution is 2.73. The van der Waals surface area contributed by atoms with E-state index in [1.807, 2.05) is 16.7 Å². The Morgan fingerprint density at radius 1 is 1.11 bits per heavy atom. The van der Waals surface area contributed by atoms with Crippen LogP contribution in [0.4, 0.5) is 4.39 Å². The van der Waals surface area contributed by atoms with Gasteiger partial charge in [0.25, 0.3) is 5.91 Å². The molecule has 0 unspecified atom stereocenters. The van der Waals surface area contributed by atoms with Gasteiger partial charge < -0.3 is 24.2 Å². The van der Waals surface area contributed by atoms with E-state index in [0.29, 0.717) is 27.8 Å². The molecule has 0 spiro atoms. The zero-order valence-corrected chi connectivity index (χ0v) is 25.2. The third-order valence-corrected chi connectivity index (χ3v) is 11.0. The van der Waals surface area contributed by atoms with Crippen LogP contribution in [0.3, 0.4) is 0 Å². The Kier molecular flexibility index (Phi) is 6.50. The maximum atomic E-state index is 15.6. The second kappa shape index (κ2) is 10.2. The number of aliphatic hydroxyl groups excluding tert-OH is 1. The van der Waals surface area contributed by atoms with E-state index in [1.165, 1.54) is 35.8 Å². The molecule has 6 aliphatic rings. The average Bonchev–Trinajstić information content (AvgIpc) is 3.68. The number of benzene rings is 2. The number of aromatic nitrogens is 2. The van der Waals surface area contributed by atoms with Crippen LogP contribution in [0.2, 0.25) is 0 Å². The van der Waals surface area contributed by atoms with Crippen molar-refractivity contribution in [3.05, 3.63) is 76.6 Å².